The van der Waals surface area contributed by atoms with Gasteiger partial charge in [-0.15, -0.1) is 11.3 Å². The monoisotopic (exact) mass is 296 g/mol. The van der Waals surface area contributed by atoms with E-state index in [1.54, 1.807) is 11.4 Å². The fraction of sp³-hybridized carbons (Fsp3) is 0. The minimum absolute atomic E-state index is 0.647. The second-order valence-electron chi connectivity index (χ2n) is 4.29. The van der Waals surface area contributed by atoms with Crippen molar-refractivity contribution in [3.63, 3.8) is 0 Å². The molecular formula is C17H12O3S. The first-order valence-electron chi connectivity index (χ1n) is 6.38. The summed E-state index contributed by atoms with van der Waals surface area (Å²) < 4.78 is 11.4. The molecule has 2 aromatic carbocycles. The zero-order chi connectivity index (χ0) is 14.5. The summed E-state index contributed by atoms with van der Waals surface area (Å²) in [6.07, 6.45) is 0.814. The van der Waals surface area contributed by atoms with Crippen LogP contribution in [0.25, 0.3) is 0 Å². The largest absolute Gasteiger partial charge is 0.457 e. The molecule has 0 aliphatic carbocycles. The summed E-state index contributed by atoms with van der Waals surface area (Å²) in [4.78, 5) is 11.3. The maximum absolute atomic E-state index is 10.6. The SMILES string of the molecule is O=Cc1cc(Oc2ccc(Oc3ccccc3)cc2)cs1. The minimum Gasteiger partial charge on any atom is -0.457 e. The minimum atomic E-state index is 0.647. The Balaban J connectivity index is 1.67. The van der Waals surface area contributed by atoms with E-state index in [-0.39, 0.29) is 0 Å². The van der Waals surface area contributed by atoms with E-state index in [0.717, 1.165) is 17.8 Å². The van der Waals surface area contributed by atoms with Crippen LogP contribution >= 0.6 is 11.3 Å². The van der Waals surface area contributed by atoms with Gasteiger partial charge in [-0.05, 0) is 36.4 Å². The quantitative estimate of drug-likeness (QED) is 0.611. The van der Waals surface area contributed by atoms with Gasteiger partial charge in [0.1, 0.15) is 23.0 Å². The highest BCUT2D eigenvalue weighted by molar-refractivity contribution is 7.11. The Labute approximate surface area is 126 Å². The summed E-state index contributed by atoms with van der Waals surface area (Å²) in [5, 5.41) is 1.80. The Kier molecular flexibility index (Phi) is 3.98. The molecule has 0 N–H and O–H groups in total. The topological polar surface area (TPSA) is 35.5 Å². The molecule has 4 heteroatoms. The van der Waals surface area contributed by atoms with Crippen LogP contribution in [0.5, 0.6) is 23.0 Å². The number of hydrogen-bond donors (Lipinski definition) is 0. The van der Waals surface area contributed by atoms with Crippen molar-refractivity contribution in [1.82, 2.24) is 0 Å². The highest BCUT2D eigenvalue weighted by Gasteiger charge is 2.02. The first-order valence-corrected chi connectivity index (χ1v) is 7.26. The van der Waals surface area contributed by atoms with Gasteiger partial charge in [-0.25, -0.2) is 0 Å². The van der Waals surface area contributed by atoms with E-state index in [1.165, 1.54) is 11.3 Å². The van der Waals surface area contributed by atoms with E-state index in [4.69, 9.17) is 9.47 Å². The summed E-state index contributed by atoms with van der Waals surface area (Å²) in [6, 6.07) is 18.7. The average Bonchev–Trinajstić information content (AvgIpc) is 2.98. The lowest BCUT2D eigenvalue weighted by molar-refractivity contribution is 0.112. The average molecular weight is 296 g/mol. The third kappa shape index (κ3) is 3.49. The molecule has 0 saturated heterocycles. The third-order valence-electron chi connectivity index (χ3n) is 2.75. The van der Waals surface area contributed by atoms with Gasteiger partial charge in [0.2, 0.25) is 0 Å². The van der Waals surface area contributed by atoms with E-state index in [9.17, 15) is 4.79 Å². The van der Waals surface area contributed by atoms with Crippen LogP contribution in [0.15, 0.2) is 66.0 Å². The highest BCUT2D eigenvalue weighted by Crippen LogP contribution is 2.28. The van der Waals surface area contributed by atoms with E-state index in [2.05, 4.69) is 0 Å². The number of benzene rings is 2. The highest BCUT2D eigenvalue weighted by atomic mass is 32.1. The van der Waals surface area contributed by atoms with Crippen molar-refractivity contribution >= 4 is 17.6 Å². The number of ether oxygens (including phenoxy) is 2. The van der Waals surface area contributed by atoms with Gasteiger partial charge in [-0.1, -0.05) is 18.2 Å². The Morgan fingerprint density at radius 2 is 1.33 bits per heavy atom. The van der Waals surface area contributed by atoms with Crippen LogP contribution in [0.2, 0.25) is 0 Å². The summed E-state index contributed by atoms with van der Waals surface area (Å²) in [6.45, 7) is 0. The molecule has 0 saturated carbocycles. The Hall–Kier alpha value is -2.59. The summed E-state index contributed by atoms with van der Waals surface area (Å²) >= 11 is 1.36. The Bertz CT molecular complexity index is 717. The van der Waals surface area contributed by atoms with Crippen molar-refractivity contribution < 1.29 is 14.3 Å². The van der Waals surface area contributed by atoms with Crippen molar-refractivity contribution in [2.45, 2.75) is 0 Å². The number of hydrogen-bond acceptors (Lipinski definition) is 4. The smallest absolute Gasteiger partial charge is 0.160 e. The molecule has 0 aliphatic heterocycles. The fourth-order valence-corrected chi connectivity index (χ4v) is 2.39. The molecule has 3 nitrogen and oxygen atoms in total. The molecule has 1 heterocycles. The molecule has 104 valence electrons. The van der Waals surface area contributed by atoms with Gasteiger partial charge in [0.15, 0.2) is 6.29 Å². The van der Waals surface area contributed by atoms with Gasteiger partial charge in [0.05, 0.1) is 4.88 Å². The molecule has 0 amide bonds. The van der Waals surface area contributed by atoms with Crippen LogP contribution in [0, 0.1) is 0 Å². The number of rotatable bonds is 5. The molecule has 1 aromatic heterocycles. The number of thiophene rings is 1. The molecule has 3 aromatic rings. The lowest BCUT2D eigenvalue weighted by atomic mass is 10.3. The number of aldehydes is 1. The molecule has 0 fully saturated rings. The lowest BCUT2D eigenvalue weighted by Crippen LogP contribution is -1.85. The maximum atomic E-state index is 10.6. The van der Waals surface area contributed by atoms with Gasteiger partial charge in [0, 0.05) is 11.4 Å². The molecule has 0 atom stereocenters. The van der Waals surface area contributed by atoms with Crippen molar-refractivity contribution in [3.8, 4) is 23.0 Å². The van der Waals surface area contributed by atoms with E-state index in [0.29, 0.717) is 16.4 Å². The number of carbonyl (C=O) groups is 1. The van der Waals surface area contributed by atoms with Gasteiger partial charge < -0.3 is 9.47 Å². The van der Waals surface area contributed by atoms with Crippen LogP contribution in [-0.4, -0.2) is 6.29 Å². The van der Waals surface area contributed by atoms with Crippen LogP contribution < -0.4 is 9.47 Å². The molecule has 0 aliphatic rings. The zero-order valence-corrected chi connectivity index (χ0v) is 11.9. The molecule has 3 rings (SSSR count). The molecule has 21 heavy (non-hydrogen) atoms. The van der Waals surface area contributed by atoms with Gasteiger partial charge >= 0.3 is 0 Å². The second kappa shape index (κ2) is 6.24. The summed E-state index contributed by atoms with van der Waals surface area (Å²) in [5.41, 5.74) is 0. The Morgan fingerprint density at radius 3 is 1.90 bits per heavy atom. The first kappa shape index (κ1) is 13.4. The van der Waals surface area contributed by atoms with Crippen LogP contribution in [-0.2, 0) is 0 Å². The van der Waals surface area contributed by atoms with E-state index >= 15 is 0 Å². The fourth-order valence-electron chi connectivity index (χ4n) is 1.79. The van der Waals surface area contributed by atoms with Crippen molar-refractivity contribution in [3.05, 3.63) is 70.9 Å². The van der Waals surface area contributed by atoms with Crippen LogP contribution in [0.1, 0.15) is 9.67 Å². The van der Waals surface area contributed by atoms with Gasteiger partial charge in [-0.2, -0.15) is 0 Å². The van der Waals surface area contributed by atoms with Crippen molar-refractivity contribution in [2.75, 3.05) is 0 Å². The van der Waals surface area contributed by atoms with Gasteiger partial charge in [-0.3, -0.25) is 4.79 Å². The van der Waals surface area contributed by atoms with Crippen molar-refractivity contribution in [2.24, 2.45) is 0 Å². The normalized spacial score (nSPS) is 10.1. The molecular weight excluding hydrogens is 284 g/mol. The standard InChI is InChI=1S/C17H12O3S/c18-11-17-10-16(12-21-17)20-15-8-6-14(7-9-15)19-13-4-2-1-3-5-13/h1-12H. The zero-order valence-electron chi connectivity index (χ0n) is 11.1. The van der Waals surface area contributed by atoms with Crippen molar-refractivity contribution in [1.29, 1.82) is 0 Å². The van der Waals surface area contributed by atoms with Gasteiger partial charge in [0.25, 0.3) is 0 Å². The molecule has 0 unspecified atom stereocenters. The lowest BCUT2D eigenvalue weighted by Gasteiger charge is -2.07. The maximum Gasteiger partial charge on any atom is 0.160 e. The molecule has 0 bridgehead atoms. The van der Waals surface area contributed by atoms with Crippen LogP contribution in [0.3, 0.4) is 0 Å². The third-order valence-corrected chi connectivity index (χ3v) is 3.59. The Morgan fingerprint density at radius 1 is 0.762 bits per heavy atom. The summed E-state index contributed by atoms with van der Waals surface area (Å²) in [7, 11) is 0. The van der Waals surface area contributed by atoms with Crippen LogP contribution in [0.4, 0.5) is 0 Å². The number of para-hydroxylation sites is 1. The number of carbonyl (C=O) groups excluding carboxylic acids is 1. The predicted octanol–water partition coefficient (Wildman–Crippen LogP) is 5.15. The first-order chi connectivity index (χ1) is 10.3. The van der Waals surface area contributed by atoms with E-state index in [1.807, 2.05) is 54.6 Å². The molecule has 0 radical (unpaired) electrons. The van der Waals surface area contributed by atoms with E-state index < -0.39 is 0 Å². The predicted molar refractivity (Wildman–Crippen MR) is 82.7 cm³/mol. The second-order valence-corrected chi connectivity index (χ2v) is 5.23. The molecule has 0 spiro atoms. The summed E-state index contributed by atoms with van der Waals surface area (Å²) in [5.74, 6) is 2.90.